The molecule has 0 aromatic heterocycles. The standard InChI is InChI=1S/C62H85FN4O10/c1-3-5-6-7-8-9-10-11-12-17-36-64-61(71)76-51-33-34-56-54(41-51)59-52(23-16-19-38-69)48(22-15-18-37-68)40-53-55(65-75-44-47-26-31-50(32-27-47)67(72)73)42-57(62(77-56,60(53)59)74-39-4-2)66(43-46-24-29-49(63)30-25-46)58(70)35-28-45-20-13-14-21-45/h4,24-27,29-34,40-41,45,48,52,57,59-60,68-69H,2-3,5-23,28,35-39,42-44H2,1H3,(H,64,71)/t48-,52+,57-,59+,60+,62+/m0/s1. The number of nitrogens with one attached hydrogen (secondary N) is 1. The van der Waals surface area contributed by atoms with Crippen molar-refractivity contribution < 1.29 is 48.2 Å². The summed E-state index contributed by atoms with van der Waals surface area (Å²) in [5.41, 5.74) is 3.59. The Kier molecular flexibility index (Phi) is 23.4. The van der Waals surface area contributed by atoms with Crippen molar-refractivity contribution >= 4 is 23.4 Å². The maximum Gasteiger partial charge on any atom is 0.412 e. The molecule has 1 heterocycles. The molecule has 4 aliphatic rings. The number of benzene rings is 3. The molecular formula is C62H85FN4O10. The van der Waals surface area contributed by atoms with Gasteiger partial charge in [0.2, 0.25) is 11.7 Å². The highest BCUT2D eigenvalue weighted by Gasteiger charge is 2.65. The molecule has 0 saturated heterocycles. The van der Waals surface area contributed by atoms with Crippen LogP contribution in [0.1, 0.15) is 177 Å². The number of allylic oxidation sites excluding steroid dienone is 1. The Balaban J connectivity index is 1.30. The second kappa shape index (κ2) is 30.5. The number of unbranched alkanes of at least 4 members (excludes halogenated alkanes) is 11. The minimum atomic E-state index is -1.54. The molecule has 0 radical (unpaired) electrons. The highest BCUT2D eigenvalue weighted by atomic mass is 19.1. The Morgan fingerprint density at radius 1 is 0.883 bits per heavy atom. The number of oxime groups is 1. The molecule has 0 spiro atoms. The van der Waals surface area contributed by atoms with Crippen molar-refractivity contribution in [3.63, 3.8) is 0 Å². The lowest BCUT2D eigenvalue weighted by molar-refractivity contribution is -0.384. The van der Waals surface area contributed by atoms with Crippen LogP contribution in [0.25, 0.3) is 0 Å². The normalized spacial score (nSPS) is 22.1. The lowest BCUT2D eigenvalue weighted by Crippen LogP contribution is -2.70. The average Bonchev–Trinajstić information content (AvgIpc) is 3.97. The van der Waals surface area contributed by atoms with E-state index in [1.165, 1.54) is 69.2 Å². The Morgan fingerprint density at radius 2 is 1.56 bits per heavy atom. The fourth-order valence-electron chi connectivity index (χ4n) is 12.5. The SMILES string of the molecule is C=CCO[C@@]12Oc3ccc(OC(=O)NCCCCCCCCCCCC)cc3[C@H]3[C@H](CCCCO)[C@@H](CCCCO)C=C(C(=NOCc4ccc([N+](=O)[O-])cc4)C[C@@H]1N(Cc1ccc(F)cc1)C(=O)CCC1CCCC1)[C@H]32. The van der Waals surface area contributed by atoms with Crippen molar-refractivity contribution in [1.29, 1.82) is 0 Å². The minimum Gasteiger partial charge on any atom is -0.459 e. The number of hydrogen-bond donors (Lipinski definition) is 3. The molecule has 0 bridgehead atoms. The Hall–Kier alpha value is -5.64. The highest BCUT2D eigenvalue weighted by molar-refractivity contribution is 6.03. The quantitative estimate of drug-likeness (QED) is 0.0230. The van der Waals surface area contributed by atoms with Gasteiger partial charge < -0.3 is 39.5 Å². The number of nitrogens with zero attached hydrogens (tertiary/aromatic N) is 3. The zero-order valence-corrected chi connectivity index (χ0v) is 45.6. The first-order valence-corrected chi connectivity index (χ1v) is 29.0. The molecule has 2 fully saturated rings. The summed E-state index contributed by atoms with van der Waals surface area (Å²) in [6, 6.07) is 17.0. The number of fused-ring (bicyclic) bond motifs is 2. The summed E-state index contributed by atoms with van der Waals surface area (Å²) in [7, 11) is 0. The van der Waals surface area contributed by atoms with E-state index < -0.39 is 34.6 Å². The maximum absolute atomic E-state index is 15.3. The van der Waals surface area contributed by atoms with Gasteiger partial charge in [-0.1, -0.05) is 133 Å². The maximum atomic E-state index is 15.3. The number of non-ortho nitro benzene ring substituents is 1. The second-order valence-corrected chi connectivity index (χ2v) is 21.8. The van der Waals surface area contributed by atoms with Gasteiger partial charge in [0.1, 0.15) is 30.0 Å². The van der Waals surface area contributed by atoms with Crippen molar-refractivity contribution in [2.45, 2.75) is 186 Å². The number of ether oxygens (including phenoxy) is 3. The lowest BCUT2D eigenvalue weighted by Gasteiger charge is -2.60. The molecule has 3 N–H and O–H groups in total. The van der Waals surface area contributed by atoms with Gasteiger partial charge in [0.15, 0.2) is 0 Å². The van der Waals surface area contributed by atoms with Gasteiger partial charge in [-0.25, -0.2) is 9.18 Å². The molecule has 420 valence electrons. The molecule has 77 heavy (non-hydrogen) atoms. The molecule has 1 aliphatic heterocycles. The van der Waals surface area contributed by atoms with E-state index >= 15 is 4.79 Å². The van der Waals surface area contributed by atoms with E-state index in [1.807, 2.05) is 17.0 Å². The number of amides is 2. The number of rotatable bonds is 33. The van der Waals surface area contributed by atoms with E-state index in [1.54, 1.807) is 36.4 Å². The molecule has 2 saturated carbocycles. The summed E-state index contributed by atoms with van der Waals surface area (Å²) < 4.78 is 35.3. The van der Waals surface area contributed by atoms with Crippen molar-refractivity contribution in [1.82, 2.24) is 10.2 Å². The van der Waals surface area contributed by atoms with Crippen LogP contribution < -0.4 is 14.8 Å². The van der Waals surface area contributed by atoms with Gasteiger partial charge in [-0.15, -0.1) is 6.58 Å². The number of carbonyl (C=O) groups excluding carboxylic acids is 2. The first-order chi connectivity index (χ1) is 37.6. The van der Waals surface area contributed by atoms with Crippen molar-refractivity contribution in [3.8, 4) is 11.5 Å². The second-order valence-electron chi connectivity index (χ2n) is 21.8. The number of nitro benzene ring substituents is 1. The third kappa shape index (κ3) is 16.2. The van der Waals surface area contributed by atoms with Crippen molar-refractivity contribution in [2.24, 2.45) is 28.8 Å². The van der Waals surface area contributed by atoms with Gasteiger partial charge in [0.25, 0.3) is 5.69 Å². The topological polar surface area (TPSA) is 182 Å². The molecule has 14 nitrogen and oxygen atoms in total. The van der Waals surface area contributed by atoms with Gasteiger partial charge in [-0.3, -0.25) is 14.9 Å². The van der Waals surface area contributed by atoms with Gasteiger partial charge >= 0.3 is 6.09 Å². The Morgan fingerprint density at radius 3 is 2.23 bits per heavy atom. The van der Waals surface area contributed by atoms with Crippen LogP contribution >= 0.6 is 0 Å². The van der Waals surface area contributed by atoms with Crippen LogP contribution in [-0.2, 0) is 27.5 Å². The monoisotopic (exact) mass is 1060 g/mol. The lowest BCUT2D eigenvalue weighted by atomic mass is 9.55. The summed E-state index contributed by atoms with van der Waals surface area (Å²) in [6.07, 6.45) is 25.0. The number of aliphatic hydroxyl groups is 2. The highest BCUT2D eigenvalue weighted by Crippen LogP contribution is 2.62. The van der Waals surface area contributed by atoms with Gasteiger partial charge in [-0.2, -0.15) is 0 Å². The van der Waals surface area contributed by atoms with E-state index in [2.05, 4.69) is 24.9 Å². The van der Waals surface area contributed by atoms with Crippen LogP contribution in [-0.4, -0.2) is 75.9 Å². The fraction of sp³-hybridized carbons (Fsp3) is 0.597. The third-order valence-electron chi connectivity index (χ3n) is 16.4. The van der Waals surface area contributed by atoms with Gasteiger partial charge in [0, 0.05) is 62.8 Å². The number of nitro groups is 1. The summed E-state index contributed by atoms with van der Waals surface area (Å²) in [4.78, 5) is 47.9. The molecule has 2 amide bonds. The number of halogens is 1. The summed E-state index contributed by atoms with van der Waals surface area (Å²) in [5, 5.41) is 39.6. The molecule has 3 aromatic carbocycles. The third-order valence-corrected chi connectivity index (χ3v) is 16.4. The molecule has 15 heteroatoms. The van der Waals surface area contributed by atoms with Gasteiger partial charge in [-0.05, 0) is 115 Å². The molecule has 3 aliphatic carbocycles. The summed E-state index contributed by atoms with van der Waals surface area (Å²) in [6.45, 7) is 7.09. The van der Waals surface area contributed by atoms with Crippen LogP contribution in [0.3, 0.4) is 0 Å². The van der Waals surface area contributed by atoms with Crippen LogP contribution in [0, 0.1) is 39.6 Å². The average molecular weight is 1070 g/mol. The molecular weight excluding hydrogens is 980 g/mol. The van der Waals surface area contributed by atoms with E-state index in [0.717, 1.165) is 87.3 Å². The van der Waals surface area contributed by atoms with E-state index in [0.29, 0.717) is 54.5 Å². The van der Waals surface area contributed by atoms with E-state index in [9.17, 15) is 29.5 Å². The number of hydrogen-bond acceptors (Lipinski definition) is 11. The predicted octanol–water partition coefficient (Wildman–Crippen LogP) is 13.6. The first kappa shape index (κ1) is 59.0. The van der Waals surface area contributed by atoms with Crippen LogP contribution in [0.15, 0.2) is 96.2 Å². The van der Waals surface area contributed by atoms with Crippen LogP contribution in [0.2, 0.25) is 0 Å². The largest absolute Gasteiger partial charge is 0.459 e. The minimum absolute atomic E-state index is 0.0102. The van der Waals surface area contributed by atoms with Crippen molar-refractivity contribution in [2.75, 3.05) is 26.4 Å². The van der Waals surface area contributed by atoms with Crippen LogP contribution in [0.5, 0.6) is 11.5 Å². The zero-order chi connectivity index (χ0) is 54.4. The predicted molar refractivity (Wildman–Crippen MR) is 297 cm³/mol. The van der Waals surface area contributed by atoms with E-state index in [4.69, 9.17) is 24.2 Å². The molecule has 0 unspecified atom stereocenters. The number of carbonyl (C=O) groups is 2. The molecule has 7 rings (SSSR count). The summed E-state index contributed by atoms with van der Waals surface area (Å²) >= 11 is 0. The zero-order valence-electron chi connectivity index (χ0n) is 45.6. The Bertz CT molecular complexity index is 2410. The van der Waals surface area contributed by atoms with E-state index in [-0.39, 0.29) is 75.2 Å². The smallest absolute Gasteiger partial charge is 0.412 e. The first-order valence-electron chi connectivity index (χ1n) is 29.0. The molecule has 6 atom stereocenters. The molecule has 3 aromatic rings. The Labute approximate surface area is 456 Å². The van der Waals surface area contributed by atoms with Gasteiger partial charge in [0.05, 0.1) is 23.2 Å². The fourth-order valence-corrected chi connectivity index (χ4v) is 12.5. The van der Waals surface area contributed by atoms with Crippen LogP contribution in [0.4, 0.5) is 14.9 Å². The number of aliphatic hydroxyl groups excluding tert-OH is 2. The summed E-state index contributed by atoms with van der Waals surface area (Å²) in [5.74, 6) is -1.84. The van der Waals surface area contributed by atoms with Crippen molar-refractivity contribution in [3.05, 3.63) is 124 Å².